The molecule has 7 nitrogen and oxygen atoms in total. The second-order valence-electron chi connectivity index (χ2n) is 6.89. The highest BCUT2D eigenvalue weighted by Crippen LogP contribution is 2.17. The van der Waals surface area contributed by atoms with Crippen LogP contribution in [0, 0.1) is 6.92 Å². The van der Waals surface area contributed by atoms with E-state index in [1.807, 2.05) is 31.2 Å². The predicted molar refractivity (Wildman–Crippen MR) is 107 cm³/mol. The van der Waals surface area contributed by atoms with Crippen molar-refractivity contribution in [3.63, 3.8) is 0 Å². The van der Waals surface area contributed by atoms with Crippen LogP contribution < -0.4 is 4.74 Å². The Hall–Kier alpha value is -3.35. The summed E-state index contributed by atoms with van der Waals surface area (Å²) in [6.07, 6.45) is 0.268. The van der Waals surface area contributed by atoms with Gasteiger partial charge in [0.05, 0.1) is 24.2 Å². The first-order chi connectivity index (χ1) is 14.0. The Morgan fingerprint density at radius 2 is 1.48 bits per heavy atom. The van der Waals surface area contributed by atoms with Gasteiger partial charge in [0.25, 0.3) is 5.91 Å². The molecule has 0 aromatic heterocycles. The van der Waals surface area contributed by atoms with Crippen LogP contribution in [0.4, 0.5) is 0 Å². The molecule has 3 rings (SSSR count). The number of benzene rings is 2. The van der Waals surface area contributed by atoms with E-state index >= 15 is 0 Å². The minimum Gasteiger partial charge on any atom is -0.493 e. The van der Waals surface area contributed by atoms with Gasteiger partial charge >= 0.3 is 5.97 Å². The summed E-state index contributed by atoms with van der Waals surface area (Å²) in [5, 5.41) is 9.27. The number of rotatable bonds is 6. The number of hydrogen-bond donors (Lipinski definition) is 1. The number of para-hydroxylation sites is 1. The molecule has 1 heterocycles. The largest absolute Gasteiger partial charge is 0.493 e. The van der Waals surface area contributed by atoms with Gasteiger partial charge in [-0.1, -0.05) is 30.3 Å². The van der Waals surface area contributed by atoms with Crippen molar-refractivity contribution in [1.82, 2.24) is 9.80 Å². The number of hydrogen-bond acceptors (Lipinski definition) is 4. The van der Waals surface area contributed by atoms with Crippen LogP contribution in [-0.4, -0.2) is 65.5 Å². The van der Waals surface area contributed by atoms with Crippen LogP contribution in [0.2, 0.25) is 0 Å². The average molecular weight is 396 g/mol. The van der Waals surface area contributed by atoms with E-state index in [0.717, 1.165) is 11.3 Å². The lowest BCUT2D eigenvalue weighted by atomic mass is 10.1. The molecule has 0 aliphatic carbocycles. The lowest BCUT2D eigenvalue weighted by molar-refractivity contribution is -0.133. The van der Waals surface area contributed by atoms with E-state index in [9.17, 15) is 19.5 Å². The van der Waals surface area contributed by atoms with Crippen molar-refractivity contribution in [2.75, 3.05) is 32.8 Å². The van der Waals surface area contributed by atoms with E-state index in [0.29, 0.717) is 32.8 Å². The average Bonchev–Trinajstić information content (AvgIpc) is 2.74. The molecule has 7 heteroatoms. The summed E-state index contributed by atoms with van der Waals surface area (Å²) in [6.45, 7) is 3.84. The molecular weight excluding hydrogens is 372 g/mol. The molecule has 0 bridgehead atoms. The highest BCUT2D eigenvalue weighted by atomic mass is 16.5. The molecule has 2 aromatic rings. The van der Waals surface area contributed by atoms with Crippen molar-refractivity contribution >= 4 is 17.8 Å². The summed E-state index contributed by atoms with van der Waals surface area (Å²) in [7, 11) is 0. The van der Waals surface area contributed by atoms with Crippen LogP contribution in [-0.2, 0) is 4.79 Å². The van der Waals surface area contributed by atoms with Gasteiger partial charge in [-0.3, -0.25) is 9.59 Å². The Balaban J connectivity index is 1.50. The van der Waals surface area contributed by atoms with Gasteiger partial charge in [-0.05, 0) is 30.7 Å². The molecule has 1 fully saturated rings. The normalized spacial score (nSPS) is 13.8. The fourth-order valence-corrected chi connectivity index (χ4v) is 3.31. The van der Waals surface area contributed by atoms with Crippen LogP contribution in [0.1, 0.15) is 32.7 Å². The van der Waals surface area contributed by atoms with Crippen LogP contribution in [0.25, 0.3) is 0 Å². The van der Waals surface area contributed by atoms with E-state index < -0.39 is 5.97 Å². The van der Waals surface area contributed by atoms with E-state index in [-0.39, 0.29) is 29.4 Å². The van der Waals surface area contributed by atoms with Crippen LogP contribution >= 0.6 is 0 Å². The molecule has 2 amide bonds. The van der Waals surface area contributed by atoms with Gasteiger partial charge in [0, 0.05) is 26.2 Å². The van der Waals surface area contributed by atoms with Crippen molar-refractivity contribution in [3.05, 3.63) is 65.2 Å². The van der Waals surface area contributed by atoms with Crippen molar-refractivity contribution < 1.29 is 24.2 Å². The Bertz CT molecular complexity index is 904. The quantitative estimate of drug-likeness (QED) is 0.810. The van der Waals surface area contributed by atoms with E-state index in [1.165, 1.54) is 12.1 Å². The second kappa shape index (κ2) is 9.23. The number of carbonyl (C=O) groups excluding carboxylic acids is 2. The number of carboxylic acid groups (broad SMARTS) is 1. The highest BCUT2D eigenvalue weighted by Gasteiger charge is 2.27. The summed E-state index contributed by atoms with van der Waals surface area (Å²) in [5.74, 6) is -0.696. The van der Waals surface area contributed by atoms with Crippen LogP contribution in [0.3, 0.4) is 0 Å². The number of carboxylic acids is 1. The third-order valence-electron chi connectivity index (χ3n) is 4.97. The fraction of sp³-hybridized carbons (Fsp3) is 0.318. The summed E-state index contributed by atoms with van der Waals surface area (Å²) in [5.41, 5.74) is 1.18. The summed E-state index contributed by atoms with van der Waals surface area (Å²) >= 11 is 0. The Morgan fingerprint density at radius 3 is 2.14 bits per heavy atom. The fourth-order valence-electron chi connectivity index (χ4n) is 3.31. The first-order valence-electron chi connectivity index (χ1n) is 9.55. The Morgan fingerprint density at radius 1 is 0.897 bits per heavy atom. The van der Waals surface area contributed by atoms with Gasteiger partial charge in [-0.2, -0.15) is 0 Å². The van der Waals surface area contributed by atoms with E-state index in [4.69, 9.17) is 4.74 Å². The molecule has 0 atom stereocenters. The third kappa shape index (κ3) is 4.93. The van der Waals surface area contributed by atoms with Crippen LogP contribution in [0.15, 0.2) is 48.5 Å². The minimum absolute atomic E-state index is 0.00985. The zero-order valence-corrected chi connectivity index (χ0v) is 16.3. The number of ether oxygens (including phenoxy) is 1. The minimum atomic E-state index is -1.13. The topological polar surface area (TPSA) is 87.2 Å². The van der Waals surface area contributed by atoms with E-state index in [2.05, 4.69) is 0 Å². The highest BCUT2D eigenvalue weighted by molar-refractivity contribution is 6.04. The zero-order chi connectivity index (χ0) is 20.8. The van der Waals surface area contributed by atoms with E-state index in [1.54, 1.807) is 21.9 Å². The maximum atomic E-state index is 12.7. The SMILES string of the molecule is Cc1ccccc1OCCC(=O)N1CCN(C(=O)c2ccccc2C(=O)O)CC1. The lowest BCUT2D eigenvalue weighted by Crippen LogP contribution is -2.51. The monoisotopic (exact) mass is 396 g/mol. The number of carbonyl (C=O) groups is 3. The molecule has 1 saturated heterocycles. The van der Waals surface area contributed by atoms with Gasteiger partial charge in [0.15, 0.2) is 0 Å². The molecule has 0 saturated carbocycles. The second-order valence-corrected chi connectivity index (χ2v) is 6.89. The van der Waals surface area contributed by atoms with Gasteiger partial charge in [-0.15, -0.1) is 0 Å². The Kier molecular flexibility index (Phi) is 6.49. The van der Waals surface area contributed by atoms with Crippen LogP contribution in [0.5, 0.6) is 5.75 Å². The summed E-state index contributed by atoms with van der Waals surface area (Å²) in [6, 6.07) is 13.8. The Labute approximate surface area is 169 Å². The predicted octanol–water partition coefficient (Wildman–Crippen LogP) is 2.45. The van der Waals surface area contributed by atoms with Gasteiger partial charge in [-0.25, -0.2) is 4.79 Å². The van der Waals surface area contributed by atoms with Crippen molar-refractivity contribution in [3.8, 4) is 5.75 Å². The lowest BCUT2D eigenvalue weighted by Gasteiger charge is -2.35. The molecule has 1 aliphatic rings. The molecule has 29 heavy (non-hydrogen) atoms. The summed E-state index contributed by atoms with van der Waals surface area (Å²) in [4.78, 5) is 39.8. The number of amides is 2. The molecular formula is C22H24N2O5. The zero-order valence-electron chi connectivity index (χ0n) is 16.3. The molecule has 152 valence electrons. The number of aryl methyl sites for hydroxylation is 1. The molecule has 1 N–H and O–H groups in total. The maximum Gasteiger partial charge on any atom is 0.336 e. The number of nitrogens with zero attached hydrogens (tertiary/aromatic N) is 2. The summed E-state index contributed by atoms with van der Waals surface area (Å²) < 4.78 is 5.68. The first kappa shape index (κ1) is 20.4. The number of aromatic carboxylic acids is 1. The molecule has 2 aromatic carbocycles. The van der Waals surface area contributed by atoms with Crippen molar-refractivity contribution in [2.24, 2.45) is 0 Å². The smallest absolute Gasteiger partial charge is 0.336 e. The van der Waals surface area contributed by atoms with Gasteiger partial charge < -0.3 is 19.6 Å². The standard InChI is InChI=1S/C22H24N2O5/c1-16-6-2-5-9-19(16)29-15-10-20(25)23-11-13-24(14-12-23)21(26)17-7-3-4-8-18(17)22(27)28/h2-9H,10-15H2,1H3,(H,27,28). The molecule has 0 radical (unpaired) electrons. The molecule has 0 spiro atoms. The molecule has 1 aliphatic heterocycles. The van der Waals surface area contributed by atoms with Gasteiger partial charge in [0.1, 0.15) is 5.75 Å². The third-order valence-corrected chi connectivity index (χ3v) is 4.97. The van der Waals surface area contributed by atoms with Gasteiger partial charge in [0.2, 0.25) is 5.91 Å². The molecule has 0 unspecified atom stereocenters. The van der Waals surface area contributed by atoms with Crippen molar-refractivity contribution in [1.29, 1.82) is 0 Å². The first-order valence-corrected chi connectivity index (χ1v) is 9.55. The maximum absolute atomic E-state index is 12.7. The van der Waals surface area contributed by atoms with Crippen molar-refractivity contribution in [2.45, 2.75) is 13.3 Å². The number of piperazine rings is 1.